The lowest BCUT2D eigenvalue weighted by molar-refractivity contribution is 0.0721. The molecule has 2 aromatic carbocycles. The maximum atomic E-state index is 13.5. The lowest BCUT2D eigenvalue weighted by Crippen LogP contribution is -2.32. The second-order valence-corrected chi connectivity index (χ2v) is 7.84. The van der Waals surface area contributed by atoms with E-state index in [1.807, 2.05) is 38.4 Å². The molecule has 31 heavy (non-hydrogen) atoms. The molecule has 1 amide bonds. The molecule has 7 heteroatoms. The Morgan fingerprint density at radius 3 is 2.55 bits per heavy atom. The van der Waals surface area contributed by atoms with E-state index in [4.69, 9.17) is 13.9 Å². The van der Waals surface area contributed by atoms with Gasteiger partial charge in [-0.05, 0) is 45.3 Å². The standard InChI is InChI=1S/C24H26N2O5/c1-25(2)12-7-13-26-21(16-8-5-6-9-18(16)30-4)20-22(27)17-11-10-15(29-3)14-19(17)31-23(20)24(26)28/h5-6,8-11,14,21H,7,12-13H2,1-4H3/t21-/m0/s1. The molecular formula is C24H26N2O5. The fourth-order valence-electron chi connectivity index (χ4n) is 4.13. The van der Waals surface area contributed by atoms with Crippen molar-refractivity contribution in [2.45, 2.75) is 12.5 Å². The van der Waals surface area contributed by atoms with Crippen molar-refractivity contribution in [3.63, 3.8) is 0 Å². The van der Waals surface area contributed by atoms with Crippen LogP contribution in [0.5, 0.6) is 11.5 Å². The van der Waals surface area contributed by atoms with Gasteiger partial charge in [0.15, 0.2) is 5.43 Å². The van der Waals surface area contributed by atoms with Crippen LogP contribution in [0, 0.1) is 0 Å². The van der Waals surface area contributed by atoms with Gasteiger partial charge in [-0.3, -0.25) is 9.59 Å². The molecule has 7 nitrogen and oxygen atoms in total. The van der Waals surface area contributed by atoms with Gasteiger partial charge in [-0.2, -0.15) is 0 Å². The van der Waals surface area contributed by atoms with E-state index < -0.39 is 6.04 Å². The number of benzene rings is 2. The number of carbonyl (C=O) groups is 1. The van der Waals surface area contributed by atoms with Crippen molar-refractivity contribution in [2.24, 2.45) is 0 Å². The maximum absolute atomic E-state index is 13.5. The molecule has 0 saturated heterocycles. The lowest BCUT2D eigenvalue weighted by atomic mass is 9.97. The molecule has 0 fully saturated rings. The third kappa shape index (κ3) is 3.65. The molecule has 0 unspecified atom stereocenters. The van der Waals surface area contributed by atoms with E-state index in [1.165, 1.54) is 0 Å². The van der Waals surface area contributed by atoms with Gasteiger partial charge >= 0.3 is 0 Å². The van der Waals surface area contributed by atoms with Crippen LogP contribution in [0.2, 0.25) is 0 Å². The molecule has 0 saturated carbocycles. The summed E-state index contributed by atoms with van der Waals surface area (Å²) < 4.78 is 16.8. The van der Waals surface area contributed by atoms with Crippen LogP contribution in [0.1, 0.15) is 34.1 Å². The Hall–Kier alpha value is -3.32. The summed E-state index contributed by atoms with van der Waals surface area (Å²) >= 11 is 0. The second-order valence-electron chi connectivity index (χ2n) is 7.84. The summed E-state index contributed by atoms with van der Waals surface area (Å²) in [5.74, 6) is 0.989. The lowest BCUT2D eigenvalue weighted by Gasteiger charge is -2.26. The Balaban J connectivity index is 1.91. The average Bonchev–Trinajstić information content (AvgIpc) is 3.05. The van der Waals surface area contributed by atoms with Gasteiger partial charge < -0.3 is 23.7 Å². The van der Waals surface area contributed by atoms with Crippen LogP contribution in [0.3, 0.4) is 0 Å². The van der Waals surface area contributed by atoms with Crippen molar-refractivity contribution < 1.29 is 18.7 Å². The third-order valence-electron chi connectivity index (χ3n) is 5.61. The number of ether oxygens (including phenoxy) is 2. The molecular weight excluding hydrogens is 396 g/mol. The number of hydrogen-bond donors (Lipinski definition) is 0. The number of rotatable bonds is 7. The zero-order chi connectivity index (χ0) is 22.1. The molecule has 3 aromatic rings. The van der Waals surface area contributed by atoms with Gasteiger partial charge in [-0.1, -0.05) is 18.2 Å². The van der Waals surface area contributed by atoms with Crippen molar-refractivity contribution in [3.05, 3.63) is 69.6 Å². The van der Waals surface area contributed by atoms with Gasteiger partial charge in [-0.15, -0.1) is 0 Å². The first kappa shape index (κ1) is 20.9. The predicted octanol–water partition coefficient (Wildman–Crippen LogP) is 3.31. The number of methoxy groups -OCH3 is 2. The summed E-state index contributed by atoms with van der Waals surface area (Å²) in [6, 6.07) is 11.9. The van der Waals surface area contributed by atoms with Crippen LogP contribution in [0.4, 0.5) is 0 Å². The largest absolute Gasteiger partial charge is 0.497 e. The SMILES string of the molecule is COc1ccc2c(=O)c3c(oc2c1)C(=O)N(CCCN(C)C)[C@H]3c1ccccc1OC. The van der Waals surface area contributed by atoms with Crippen molar-refractivity contribution in [1.29, 1.82) is 0 Å². The number of fused-ring (bicyclic) bond motifs is 2. The van der Waals surface area contributed by atoms with Gasteiger partial charge in [0.2, 0.25) is 5.76 Å². The Labute approximate surface area is 180 Å². The number of amides is 1. The highest BCUT2D eigenvalue weighted by atomic mass is 16.5. The quantitative estimate of drug-likeness (QED) is 0.582. The molecule has 0 bridgehead atoms. The van der Waals surface area contributed by atoms with Crippen LogP contribution in [0.15, 0.2) is 51.7 Å². The van der Waals surface area contributed by atoms with Gasteiger partial charge in [0.25, 0.3) is 5.91 Å². The zero-order valence-corrected chi connectivity index (χ0v) is 18.2. The second kappa shape index (κ2) is 8.43. The molecule has 0 spiro atoms. The molecule has 162 valence electrons. The number of carbonyl (C=O) groups excluding carboxylic acids is 1. The Kier molecular flexibility index (Phi) is 5.69. The summed E-state index contributed by atoms with van der Waals surface area (Å²) in [5.41, 5.74) is 1.25. The molecule has 4 rings (SSSR count). The van der Waals surface area contributed by atoms with Crippen molar-refractivity contribution in [2.75, 3.05) is 41.4 Å². The zero-order valence-electron chi connectivity index (χ0n) is 18.2. The van der Waals surface area contributed by atoms with Crippen LogP contribution in [-0.4, -0.2) is 57.1 Å². The molecule has 1 aliphatic heterocycles. The summed E-state index contributed by atoms with van der Waals surface area (Å²) in [5, 5.41) is 0.419. The molecule has 0 N–H and O–H groups in total. The van der Waals surface area contributed by atoms with E-state index in [2.05, 4.69) is 4.90 Å². The van der Waals surface area contributed by atoms with Gasteiger partial charge in [0.05, 0.1) is 31.2 Å². The normalized spacial score (nSPS) is 15.6. The summed E-state index contributed by atoms with van der Waals surface area (Å²) in [6.45, 7) is 1.31. The van der Waals surface area contributed by atoms with E-state index in [0.717, 1.165) is 18.5 Å². The topological polar surface area (TPSA) is 72.2 Å². The molecule has 1 atom stereocenters. The molecule has 0 radical (unpaired) electrons. The average molecular weight is 422 g/mol. The van der Waals surface area contributed by atoms with Crippen molar-refractivity contribution in [3.8, 4) is 11.5 Å². The van der Waals surface area contributed by atoms with Crippen LogP contribution in [-0.2, 0) is 0 Å². The summed E-state index contributed by atoms with van der Waals surface area (Å²) in [6.07, 6.45) is 0.764. The smallest absolute Gasteiger partial charge is 0.290 e. The van der Waals surface area contributed by atoms with E-state index in [-0.39, 0.29) is 17.1 Å². The monoisotopic (exact) mass is 422 g/mol. The minimum atomic E-state index is -0.566. The molecule has 1 aromatic heterocycles. The van der Waals surface area contributed by atoms with E-state index >= 15 is 0 Å². The molecule has 0 aliphatic carbocycles. The minimum absolute atomic E-state index is 0.0894. The Bertz CT molecular complexity index is 1180. The Morgan fingerprint density at radius 1 is 1.06 bits per heavy atom. The Morgan fingerprint density at radius 2 is 1.84 bits per heavy atom. The molecule has 2 heterocycles. The van der Waals surface area contributed by atoms with E-state index in [9.17, 15) is 9.59 Å². The van der Waals surface area contributed by atoms with E-state index in [0.29, 0.717) is 34.6 Å². The van der Waals surface area contributed by atoms with Crippen LogP contribution < -0.4 is 14.9 Å². The fourth-order valence-corrected chi connectivity index (χ4v) is 4.13. The van der Waals surface area contributed by atoms with Gasteiger partial charge in [0.1, 0.15) is 17.1 Å². The predicted molar refractivity (Wildman–Crippen MR) is 118 cm³/mol. The van der Waals surface area contributed by atoms with Crippen LogP contribution in [0.25, 0.3) is 11.0 Å². The van der Waals surface area contributed by atoms with Gasteiger partial charge in [-0.25, -0.2) is 0 Å². The number of nitrogens with zero attached hydrogens (tertiary/aromatic N) is 2. The highest BCUT2D eigenvalue weighted by molar-refractivity contribution is 5.99. The number of hydrogen-bond acceptors (Lipinski definition) is 6. The fraction of sp³-hybridized carbons (Fsp3) is 0.333. The van der Waals surface area contributed by atoms with E-state index in [1.54, 1.807) is 37.3 Å². The molecule has 1 aliphatic rings. The highest BCUT2D eigenvalue weighted by Gasteiger charge is 2.43. The third-order valence-corrected chi connectivity index (χ3v) is 5.61. The van der Waals surface area contributed by atoms with Crippen LogP contribution >= 0.6 is 0 Å². The summed E-state index contributed by atoms with van der Waals surface area (Å²) in [4.78, 5) is 30.7. The summed E-state index contributed by atoms with van der Waals surface area (Å²) in [7, 11) is 7.11. The first-order valence-corrected chi connectivity index (χ1v) is 10.2. The highest BCUT2D eigenvalue weighted by Crippen LogP contribution is 2.41. The first-order valence-electron chi connectivity index (χ1n) is 10.2. The van der Waals surface area contributed by atoms with Gasteiger partial charge in [0, 0.05) is 18.2 Å². The number of para-hydroxylation sites is 1. The van der Waals surface area contributed by atoms with Crippen molar-refractivity contribution in [1.82, 2.24) is 9.80 Å². The maximum Gasteiger partial charge on any atom is 0.290 e. The minimum Gasteiger partial charge on any atom is -0.497 e. The first-order chi connectivity index (χ1) is 15.0. The van der Waals surface area contributed by atoms with Crippen molar-refractivity contribution >= 4 is 16.9 Å².